The van der Waals surface area contributed by atoms with E-state index in [-0.39, 0.29) is 6.79 Å². The van der Waals surface area contributed by atoms with E-state index in [1.54, 1.807) is 0 Å². The summed E-state index contributed by atoms with van der Waals surface area (Å²) >= 11 is 0. The first-order valence-electron chi connectivity index (χ1n) is 10.3. The lowest BCUT2D eigenvalue weighted by atomic mass is 9.80. The Bertz CT molecular complexity index is 847. The monoisotopic (exact) mass is 381 g/mol. The van der Waals surface area contributed by atoms with Crippen LogP contribution in [-0.4, -0.2) is 11.8 Å². The third kappa shape index (κ3) is 4.09. The molecule has 1 fully saturated rings. The standard InChI is InChI=1S/C22H27N3O3/c1-2-3-4-15-5-8-17(9-6-15)21-25-18(12-23)22(28-21)24-13-16-7-10-19-20(11-16)27-14-26-19/h7,10-11,15,17,24H,2-6,8-9,13-14H2,1H3. The topological polar surface area (TPSA) is 80.3 Å². The van der Waals surface area contributed by atoms with E-state index in [2.05, 4.69) is 23.3 Å². The molecule has 0 amide bonds. The molecule has 1 N–H and O–H groups in total. The van der Waals surface area contributed by atoms with Crippen molar-refractivity contribution in [3.05, 3.63) is 35.3 Å². The third-order valence-electron chi connectivity index (χ3n) is 5.80. The fraction of sp³-hybridized carbons (Fsp3) is 0.545. The van der Waals surface area contributed by atoms with Crippen LogP contribution in [-0.2, 0) is 6.54 Å². The molecule has 1 aromatic carbocycles. The average Bonchev–Trinajstić information content (AvgIpc) is 3.37. The molecule has 0 saturated heterocycles. The highest BCUT2D eigenvalue weighted by Crippen LogP contribution is 2.38. The van der Waals surface area contributed by atoms with Gasteiger partial charge < -0.3 is 19.2 Å². The molecule has 1 aromatic heterocycles. The molecule has 1 aliphatic carbocycles. The number of ether oxygens (including phenoxy) is 2. The number of benzene rings is 1. The van der Waals surface area contributed by atoms with Crippen molar-refractivity contribution in [3.8, 4) is 17.6 Å². The lowest BCUT2D eigenvalue weighted by Crippen LogP contribution is -2.13. The normalized spacial score (nSPS) is 20.7. The second-order valence-corrected chi connectivity index (χ2v) is 7.74. The molecule has 6 nitrogen and oxygen atoms in total. The number of anilines is 1. The van der Waals surface area contributed by atoms with Gasteiger partial charge in [0.25, 0.3) is 0 Å². The first-order valence-corrected chi connectivity index (χ1v) is 10.3. The number of rotatable bonds is 7. The Balaban J connectivity index is 1.38. The SMILES string of the molecule is CCCCC1CCC(c2nc(C#N)c(NCc3ccc4c(c3)OCO4)o2)CC1. The van der Waals surface area contributed by atoms with Crippen molar-refractivity contribution < 1.29 is 13.9 Å². The zero-order chi connectivity index (χ0) is 19.3. The zero-order valence-electron chi connectivity index (χ0n) is 16.4. The molecule has 1 saturated carbocycles. The predicted molar refractivity (Wildman–Crippen MR) is 105 cm³/mol. The van der Waals surface area contributed by atoms with Crippen molar-refractivity contribution in [1.29, 1.82) is 5.26 Å². The van der Waals surface area contributed by atoms with Crippen molar-refractivity contribution in [3.63, 3.8) is 0 Å². The van der Waals surface area contributed by atoms with Gasteiger partial charge in [-0.1, -0.05) is 32.3 Å². The van der Waals surface area contributed by atoms with Gasteiger partial charge in [0.15, 0.2) is 11.5 Å². The Morgan fingerprint density at radius 1 is 1.18 bits per heavy atom. The van der Waals surface area contributed by atoms with Crippen LogP contribution in [0.3, 0.4) is 0 Å². The van der Waals surface area contributed by atoms with Crippen molar-refractivity contribution in [1.82, 2.24) is 4.98 Å². The van der Waals surface area contributed by atoms with Crippen LogP contribution in [0.1, 0.15) is 74.9 Å². The van der Waals surface area contributed by atoms with Gasteiger partial charge in [-0.25, -0.2) is 4.98 Å². The Hall–Kier alpha value is -2.68. The number of nitrogens with zero attached hydrogens (tertiary/aromatic N) is 2. The number of oxazole rings is 1. The molecule has 0 radical (unpaired) electrons. The van der Waals surface area contributed by atoms with E-state index < -0.39 is 0 Å². The van der Waals surface area contributed by atoms with Gasteiger partial charge in [-0.3, -0.25) is 0 Å². The summed E-state index contributed by atoms with van der Waals surface area (Å²) in [4.78, 5) is 4.47. The number of fused-ring (bicyclic) bond motifs is 1. The van der Waals surface area contributed by atoms with E-state index in [0.29, 0.717) is 29.9 Å². The van der Waals surface area contributed by atoms with Crippen molar-refractivity contribution in [2.75, 3.05) is 12.1 Å². The minimum absolute atomic E-state index is 0.261. The van der Waals surface area contributed by atoms with Gasteiger partial charge in [-0.2, -0.15) is 5.26 Å². The molecule has 28 heavy (non-hydrogen) atoms. The lowest BCUT2D eigenvalue weighted by Gasteiger charge is -2.26. The van der Waals surface area contributed by atoms with Gasteiger partial charge in [0.2, 0.25) is 24.3 Å². The molecule has 0 atom stereocenters. The summed E-state index contributed by atoms with van der Waals surface area (Å²) in [7, 11) is 0. The van der Waals surface area contributed by atoms with Crippen LogP contribution < -0.4 is 14.8 Å². The molecular weight excluding hydrogens is 354 g/mol. The molecule has 1 aliphatic heterocycles. The number of hydrogen-bond donors (Lipinski definition) is 1. The first kappa shape index (κ1) is 18.7. The van der Waals surface area contributed by atoms with Gasteiger partial charge >= 0.3 is 0 Å². The van der Waals surface area contributed by atoms with Gasteiger partial charge in [0.05, 0.1) is 0 Å². The largest absolute Gasteiger partial charge is 0.454 e. The van der Waals surface area contributed by atoms with E-state index in [4.69, 9.17) is 13.9 Å². The summed E-state index contributed by atoms with van der Waals surface area (Å²) in [6, 6.07) is 7.97. The second-order valence-electron chi connectivity index (χ2n) is 7.74. The van der Waals surface area contributed by atoms with Crippen LogP contribution in [0.4, 0.5) is 5.88 Å². The number of aromatic nitrogens is 1. The van der Waals surface area contributed by atoms with E-state index in [1.165, 1.54) is 32.1 Å². The zero-order valence-corrected chi connectivity index (χ0v) is 16.4. The fourth-order valence-corrected chi connectivity index (χ4v) is 4.13. The summed E-state index contributed by atoms with van der Waals surface area (Å²) in [5.41, 5.74) is 1.37. The number of nitrogens with one attached hydrogen (secondary N) is 1. The smallest absolute Gasteiger partial charge is 0.232 e. The molecule has 2 aromatic rings. The first-order chi connectivity index (χ1) is 13.8. The minimum Gasteiger partial charge on any atom is -0.454 e. The third-order valence-corrected chi connectivity index (χ3v) is 5.80. The quantitative estimate of drug-likeness (QED) is 0.696. The summed E-state index contributed by atoms with van der Waals surface area (Å²) in [6.07, 6.45) is 8.58. The maximum Gasteiger partial charge on any atom is 0.232 e. The summed E-state index contributed by atoms with van der Waals surface area (Å²) < 4.78 is 16.7. The Morgan fingerprint density at radius 2 is 2.00 bits per heavy atom. The van der Waals surface area contributed by atoms with Crippen LogP contribution in [0.5, 0.6) is 11.5 Å². The predicted octanol–water partition coefficient (Wildman–Crippen LogP) is 5.35. The highest BCUT2D eigenvalue weighted by atomic mass is 16.7. The average molecular weight is 381 g/mol. The number of unbranched alkanes of at least 4 members (excludes halogenated alkanes) is 1. The molecule has 0 bridgehead atoms. The molecule has 0 unspecified atom stereocenters. The van der Waals surface area contributed by atoms with E-state index >= 15 is 0 Å². The number of hydrogen-bond acceptors (Lipinski definition) is 6. The molecule has 4 rings (SSSR count). The number of nitriles is 1. The second kappa shape index (κ2) is 8.55. The summed E-state index contributed by atoms with van der Waals surface area (Å²) in [5, 5.41) is 12.7. The molecule has 2 heterocycles. The Labute approximate surface area is 165 Å². The van der Waals surface area contributed by atoms with Crippen molar-refractivity contribution >= 4 is 5.88 Å². The highest BCUT2D eigenvalue weighted by molar-refractivity contribution is 5.48. The van der Waals surface area contributed by atoms with Gasteiger partial charge in [0.1, 0.15) is 6.07 Å². The van der Waals surface area contributed by atoms with Crippen LogP contribution >= 0.6 is 0 Å². The fourth-order valence-electron chi connectivity index (χ4n) is 4.13. The van der Waals surface area contributed by atoms with Gasteiger partial charge in [-0.15, -0.1) is 0 Å². The maximum absolute atomic E-state index is 9.44. The van der Waals surface area contributed by atoms with Crippen LogP contribution in [0.15, 0.2) is 22.6 Å². The van der Waals surface area contributed by atoms with Crippen LogP contribution in [0.2, 0.25) is 0 Å². The van der Waals surface area contributed by atoms with E-state index in [0.717, 1.165) is 35.8 Å². The molecule has 0 spiro atoms. The summed E-state index contributed by atoms with van der Waals surface area (Å²) in [5.74, 6) is 3.84. The molecule has 2 aliphatic rings. The molecule has 148 valence electrons. The van der Waals surface area contributed by atoms with Crippen LogP contribution in [0.25, 0.3) is 0 Å². The highest BCUT2D eigenvalue weighted by Gasteiger charge is 2.27. The lowest BCUT2D eigenvalue weighted by molar-refractivity contribution is 0.174. The minimum atomic E-state index is 0.261. The van der Waals surface area contributed by atoms with Crippen LogP contribution in [0, 0.1) is 17.2 Å². The van der Waals surface area contributed by atoms with E-state index in [1.807, 2.05) is 18.2 Å². The van der Waals surface area contributed by atoms with Gasteiger partial charge in [0, 0.05) is 12.5 Å². The Kier molecular flexibility index (Phi) is 5.70. The Morgan fingerprint density at radius 3 is 2.79 bits per heavy atom. The van der Waals surface area contributed by atoms with Gasteiger partial charge in [-0.05, 0) is 49.3 Å². The van der Waals surface area contributed by atoms with Crippen molar-refractivity contribution in [2.24, 2.45) is 5.92 Å². The summed E-state index contributed by atoms with van der Waals surface area (Å²) in [6.45, 7) is 3.04. The molecule has 6 heteroatoms. The maximum atomic E-state index is 9.44. The van der Waals surface area contributed by atoms with Crippen molar-refractivity contribution in [2.45, 2.75) is 64.3 Å². The molecular formula is C22H27N3O3. The van der Waals surface area contributed by atoms with E-state index in [9.17, 15) is 5.26 Å².